The van der Waals surface area contributed by atoms with Crippen LogP contribution in [0.2, 0.25) is 0 Å². The fourth-order valence-corrected chi connectivity index (χ4v) is 3.59. The van der Waals surface area contributed by atoms with E-state index in [0.717, 1.165) is 32.1 Å². The highest BCUT2D eigenvalue weighted by Crippen LogP contribution is 2.15. The van der Waals surface area contributed by atoms with Gasteiger partial charge in [0.15, 0.2) is 5.96 Å². The minimum atomic E-state index is 0. The number of guanidine groups is 1. The molecule has 1 aliphatic heterocycles. The number of aromatic nitrogens is 2. The predicted molar refractivity (Wildman–Crippen MR) is 122 cm³/mol. The first-order chi connectivity index (χ1) is 12.8. The summed E-state index contributed by atoms with van der Waals surface area (Å²) >= 11 is 0. The largest absolute Gasteiger partial charge is 0.355 e. The molecule has 148 valence electrons. The lowest BCUT2D eigenvalue weighted by Gasteiger charge is -2.24. The van der Waals surface area contributed by atoms with Crippen LogP contribution in [0.1, 0.15) is 30.9 Å². The number of halogens is 1. The van der Waals surface area contributed by atoms with Crippen molar-refractivity contribution < 1.29 is 0 Å². The lowest BCUT2D eigenvalue weighted by Crippen LogP contribution is -2.44. The van der Waals surface area contributed by atoms with Crippen LogP contribution in [0, 0.1) is 0 Å². The zero-order chi connectivity index (χ0) is 18.2. The van der Waals surface area contributed by atoms with Crippen molar-refractivity contribution in [3.05, 3.63) is 54.1 Å². The average Bonchev–Trinajstić information content (AvgIpc) is 3.33. The normalized spacial score (nSPS) is 17.6. The number of hydrogen-bond donors (Lipinski definition) is 2. The van der Waals surface area contributed by atoms with E-state index in [1.54, 1.807) is 0 Å². The van der Waals surface area contributed by atoms with Crippen LogP contribution in [0.3, 0.4) is 0 Å². The van der Waals surface area contributed by atoms with E-state index in [-0.39, 0.29) is 24.0 Å². The Bertz CT molecular complexity index is 700. The van der Waals surface area contributed by atoms with Gasteiger partial charge in [0, 0.05) is 45.1 Å². The number of hydrogen-bond acceptors (Lipinski definition) is 3. The number of nitrogens with zero attached hydrogens (tertiary/aromatic N) is 4. The van der Waals surface area contributed by atoms with Gasteiger partial charge in [-0.25, -0.2) is 4.98 Å². The molecular formula is C20H31IN6. The lowest BCUT2D eigenvalue weighted by atomic mass is 10.1. The Kier molecular flexibility index (Phi) is 9.06. The fraction of sp³-hybridized carbons (Fsp3) is 0.500. The summed E-state index contributed by atoms with van der Waals surface area (Å²) in [4.78, 5) is 11.0. The topological polar surface area (TPSA) is 57.5 Å². The summed E-state index contributed by atoms with van der Waals surface area (Å²) in [6.45, 7) is 7.14. The standard InChI is InChI=1S/C20H30N6.HI/c1-3-26-10-5-8-19(26)14-24-20(21-2)23-13-17-6-4-7-18(12-17)15-25-11-9-22-16-25;/h4,6-7,9,11-12,16,19H,3,5,8,10,13-15H2,1-2H3,(H2,21,23,24);1H. The highest BCUT2D eigenvalue weighted by Gasteiger charge is 2.22. The third-order valence-corrected chi connectivity index (χ3v) is 5.01. The summed E-state index contributed by atoms with van der Waals surface area (Å²) in [6, 6.07) is 9.26. The first-order valence-corrected chi connectivity index (χ1v) is 9.50. The van der Waals surface area contributed by atoms with Crippen molar-refractivity contribution in [2.45, 2.75) is 38.9 Å². The fourth-order valence-electron chi connectivity index (χ4n) is 3.59. The Morgan fingerprint density at radius 1 is 1.30 bits per heavy atom. The quantitative estimate of drug-likeness (QED) is 0.362. The van der Waals surface area contributed by atoms with Gasteiger partial charge in [-0.2, -0.15) is 0 Å². The molecule has 7 heteroatoms. The minimum absolute atomic E-state index is 0. The molecule has 6 nitrogen and oxygen atoms in total. The van der Waals surface area contributed by atoms with Gasteiger partial charge in [-0.3, -0.25) is 9.89 Å². The van der Waals surface area contributed by atoms with Crippen LogP contribution in [0.15, 0.2) is 48.0 Å². The summed E-state index contributed by atoms with van der Waals surface area (Å²) in [7, 11) is 1.83. The summed E-state index contributed by atoms with van der Waals surface area (Å²) in [5.41, 5.74) is 2.52. The summed E-state index contributed by atoms with van der Waals surface area (Å²) in [6.07, 6.45) is 8.22. The van der Waals surface area contributed by atoms with Gasteiger partial charge in [-0.1, -0.05) is 31.2 Å². The van der Waals surface area contributed by atoms with E-state index < -0.39 is 0 Å². The second-order valence-electron chi connectivity index (χ2n) is 6.79. The first-order valence-electron chi connectivity index (χ1n) is 9.50. The molecule has 1 unspecified atom stereocenters. The second-order valence-corrected chi connectivity index (χ2v) is 6.79. The van der Waals surface area contributed by atoms with Crippen molar-refractivity contribution in [2.75, 3.05) is 26.7 Å². The van der Waals surface area contributed by atoms with E-state index in [1.807, 2.05) is 25.8 Å². The Morgan fingerprint density at radius 2 is 2.15 bits per heavy atom. The van der Waals surface area contributed by atoms with Crippen LogP contribution in [-0.2, 0) is 13.1 Å². The Balaban J connectivity index is 0.00000261. The van der Waals surface area contributed by atoms with Gasteiger partial charge < -0.3 is 15.2 Å². The van der Waals surface area contributed by atoms with Crippen molar-refractivity contribution in [3.8, 4) is 0 Å². The molecule has 0 spiro atoms. The molecular weight excluding hydrogens is 451 g/mol. The molecule has 2 aromatic rings. The maximum Gasteiger partial charge on any atom is 0.191 e. The SMILES string of the molecule is CCN1CCCC1CNC(=NC)NCc1cccc(Cn2ccnc2)c1.I. The van der Waals surface area contributed by atoms with E-state index in [0.29, 0.717) is 6.04 Å². The summed E-state index contributed by atoms with van der Waals surface area (Å²) in [5, 5.41) is 6.91. The highest BCUT2D eigenvalue weighted by atomic mass is 127. The summed E-state index contributed by atoms with van der Waals surface area (Å²) in [5.74, 6) is 0.868. The molecule has 1 fully saturated rings. The second kappa shape index (κ2) is 11.3. The summed E-state index contributed by atoms with van der Waals surface area (Å²) < 4.78 is 2.08. The van der Waals surface area contributed by atoms with E-state index in [9.17, 15) is 0 Å². The highest BCUT2D eigenvalue weighted by molar-refractivity contribution is 14.0. The maximum absolute atomic E-state index is 4.36. The number of rotatable bonds is 7. The molecule has 0 aliphatic carbocycles. The van der Waals surface area contributed by atoms with Gasteiger partial charge in [-0.05, 0) is 37.1 Å². The molecule has 2 N–H and O–H groups in total. The Labute approximate surface area is 179 Å². The predicted octanol–water partition coefficient (Wildman–Crippen LogP) is 2.70. The number of likely N-dealkylation sites (tertiary alicyclic amines) is 1. The monoisotopic (exact) mass is 482 g/mol. The number of imidazole rings is 1. The van der Waals surface area contributed by atoms with Crippen LogP contribution in [0.4, 0.5) is 0 Å². The van der Waals surface area contributed by atoms with Crippen molar-refractivity contribution in [2.24, 2.45) is 4.99 Å². The number of nitrogens with one attached hydrogen (secondary N) is 2. The van der Waals surface area contributed by atoms with Crippen molar-refractivity contribution in [3.63, 3.8) is 0 Å². The molecule has 0 saturated carbocycles. The van der Waals surface area contributed by atoms with E-state index >= 15 is 0 Å². The van der Waals surface area contributed by atoms with Gasteiger partial charge in [0.25, 0.3) is 0 Å². The molecule has 1 atom stereocenters. The molecule has 2 heterocycles. The van der Waals surface area contributed by atoms with Gasteiger partial charge in [0.2, 0.25) is 0 Å². The number of benzene rings is 1. The molecule has 1 aliphatic rings. The molecule has 1 aromatic carbocycles. The average molecular weight is 482 g/mol. The van der Waals surface area contributed by atoms with Gasteiger partial charge >= 0.3 is 0 Å². The van der Waals surface area contributed by atoms with Crippen LogP contribution < -0.4 is 10.6 Å². The van der Waals surface area contributed by atoms with E-state index in [2.05, 4.69) is 61.3 Å². The minimum Gasteiger partial charge on any atom is -0.355 e. The molecule has 3 rings (SSSR count). The molecule has 0 amide bonds. The number of aliphatic imine (C=N–C) groups is 1. The van der Waals surface area contributed by atoms with Crippen molar-refractivity contribution in [1.82, 2.24) is 25.1 Å². The molecule has 27 heavy (non-hydrogen) atoms. The van der Waals surface area contributed by atoms with E-state index in [1.165, 1.54) is 30.5 Å². The van der Waals surface area contributed by atoms with Gasteiger partial charge in [0.1, 0.15) is 0 Å². The Hall–Kier alpha value is -1.61. The smallest absolute Gasteiger partial charge is 0.191 e. The van der Waals surface area contributed by atoms with Crippen LogP contribution >= 0.6 is 24.0 Å². The zero-order valence-electron chi connectivity index (χ0n) is 16.3. The molecule has 0 bridgehead atoms. The van der Waals surface area contributed by atoms with Gasteiger partial charge in [0.05, 0.1) is 6.33 Å². The third kappa shape index (κ3) is 6.49. The van der Waals surface area contributed by atoms with Crippen molar-refractivity contribution >= 4 is 29.9 Å². The van der Waals surface area contributed by atoms with Crippen LogP contribution in [-0.4, -0.2) is 53.1 Å². The van der Waals surface area contributed by atoms with Crippen molar-refractivity contribution in [1.29, 1.82) is 0 Å². The van der Waals surface area contributed by atoms with Crippen LogP contribution in [0.25, 0.3) is 0 Å². The number of likely N-dealkylation sites (N-methyl/N-ethyl adjacent to an activating group) is 1. The third-order valence-electron chi connectivity index (χ3n) is 5.01. The van der Waals surface area contributed by atoms with Gasteiger partial charge in [-0.15, -0.1) is 24.0 Å². The maximum atomic E-state index is 4.36. The molecule has 0 radical (unpaired) electrons. The lowest BCUT2D eigenvalue weighted by molar-refractivity contribution is 0.267. The zero-order valence-corrected chi connectivity index (χ0v) is 18.6. The first kappa shape index (κ1) is 21.7. The molecule has 1 aromatic heterocycles. The van der Waals surface area contributed by atoms with E-state index in [4.69, 9.17) is 0 Å². The molecule has 1 saturated heterocycles. The van der Waals surface area contributed by atoms with Crippen LogP contribution in [0.5, 0.6) is 0 Å². The Morgan fingerprint density at radius 3 is 2.89 bits per heavy atom.